The molecule has 0 spiro atoms. The standard InChI is InChI=1S/C13H16F3NO3S/c1-12(2,3)21(20)17-10(13(15,16)11(18)19)8-4-6-9(14)7-5-8/h4-7,10,17H,1-3H3,(H,18,19)/t10-,21+/m0/s1. The van der Waals surface area contributed by atoms with Gasteiger partial charge in [-0.1, -0.05) is 12.1 Å². The number of aliphatic carboxylic acids is 1. The third-order valence-corrected chi connectivity index (χ3v) is 4.19. The fourth-order valence-corrected chi connectivity index (χ4v) is 2.27. The molecule has 1 aromatic carbocycles. The lowest BCUT2D eigenvalue weighted by molar-refractivity contribution is -0.168. The molecule has 118 valence electrons. The van der Waals surface area contributed by atoms with Gasteiger partial charge in [-0.25, -0.2) is 18.1 Å². The fraction of sp³-hybridized carbons (Fsp3) is 0.462. The third-order valence-electron chi connectivity index (χ3n) is 2.63. The normalized spacial score (nSPS) is 15.5. The van der Waals surface area contributed by atoms with Crippen LogP contribution in [0.25, 0.3) is 0 Å². The highest BCUT2D eigenvalue weighted by Gasteiger charge is 2.49. The summed E-state index contributed by atoms with van der Waals surface area (Å²) in [5.41, 5.74) is -0.165. The van der Waals surface area contributed by atoms with Gasteiger partial charge in [-0.05, 0) is 38.5 Å². The number of hydrogen-bond donors (Lipinski definition) is 2. The van der Waals surface area contributed by atoms with Crippen molar-refractivity contribution >= 4 is 17.0 Å². The lowest BCUT2D eigenvalue weighted by Gasteiger charge is -2.28. The summed E-state index contributed by atoms with van der Waals surface area (Å²) in [4.78, 5) is 10.8. The monoisotopic (exact) mass is 323 g/mol. The minimum Gasteiger partial charge on any atom is -0.477 e. The lowest BCUT2D eigenvalue weighted by atomic mass is 10.0. The molecule has 0 saturated heterocycles. The van der Waals surface area contributed by atoms with Crippen LogP contribution in [0.1, 0.15) is 32.4 Å². The maximum Gasteiger partial charge on any atom is 0.376 e. The zero-order valence-electron chi connectivity index (χ0n) is 11.7. The van der Waals surface area contributed by atoms with Crippen LogP contribution in [0.3, 0.4) is 0 Å². The summed E-state index contributed by atoms with van der Waals surface area (Å²) in [5.74, 6) is -7.19. The molecule has 0 radical (unpaired) electrons. The summed E-state index contributed by atoms with van der Waals surface area (Å²) in [7, 11) is -1.92. The number of rotatable bonds is 5. The smallest absolute Gasteiger partial charge is 0.376 e. The number of carboxylic acid groups (broad SMARTS) is 1. The zero-order chi connectivity index (χ0) is 16.4. The first-order valence-electron chi connectivity index (χ1n) is 6.01. The molecule has 0 heterocycles. The molecular formula is C13H16F3NO3S. The largest absolute Gasteiger partial charge is 0.477 e. The van der Waals surface area contributed by atoms with E-state index in [1.165, 1.54) is 0 Å². The van der Waals surface area contributed by atoms with Crippen LogP contribution in [-0.4, -0.2) is 26.0 Å². The fourth-order valence-electron chi connectivity index (χ4n) is 1.41. The first-order valence-corrected chi connectivity index (χ1v) is 7.16. The molecule has 0 aromatic heterocycles. The van der Waals surface area contributed by atoms with Crippen LogP contribution < -0.4 is 4.72 Å². The Morgan fingerprint density at radius 3 is 2.10 bits per heavy atom. The van der Waals surface area contributed by atoms with Gasteiger partial charge in [0.2, 0.25) is 0 Å². The van der Waals surface area contributed by atoms with E-state index in [9.17, 15) is 22.2 Å². The molecule has 0 aliphatic carbocycles. The van der Waals surface area contributed by atoms with E-state index in [0.29, 0.717) is 0 Å². The zero-order valence-corrected chi connectivity index (χ0v) is 12.5. The Hall–Kier alpha value is -1.41. The van der Waals surface area contributed by atoms with Gasteiger partial charge in [0.25, 0.3) is 0 Å². The minimum atomic E-state index is -4.20. The SMILES string of the molecule is CC(C)(C)[S@@](=O)N[C@@H](c1ccc(F)cc1)C(F)(F)C(=O)O. The van der Waals surface area contributed by atoms with E-state index in [1.54, 1.807) is 20.8 Å². The number of nitrogens with one attached hydrogen (secondary N) is 1. The molecule has 0 amide bonds. The topological polar surface area (TPSA) is 66.4 Å². The van der Waals surface area contributed by atoms with Gasteiger partial charge in [-0.3, -0.25) is 0 Å². The van der Waals surface area contributed by atoms with E-state index in [4.69, 9.17) is 5.11 Å². The summed E-state index contributed by atoms with van der Waals surface area (Å²) >= 11 is 0. The number of halogens is 3. The van der Waals surface area contributed by atoms with Crippen LogP contribution in [0.15, 0.2) is 24.3 Å². The van der Waals surface area contributed by atoms with Crippen LogP contribution in [-0.2, 0) is 15.8 Å². The number of benzene rings is 1. The predicted octanol–water partition coefficient (Wildman–Crippen LogP) is 2.64. The van der Waals surface area contributed by atoms with Crippen LogP contribution in [0.4, 0.5) is 13.2 Å². The van der Waals surface area contributed by atoms with Gasteiger partial charge in [0.1, 0.15) is 11.9 Å². The summed E-state index contributed by atoms with van der Waals surface area (Å²) in [6.07, 6.45) is 0. The molecule has 1 aromatic rings. The average Bonchev–Trinajstić information content (AvgIpc) is 2.35. The van der Waals surface area contributed by atoms with Crippen molar-refractivity contribution in [2.24, 2.45) is 0 Å². The Balaban J connectivity index is 3.21. The molecule has 4 nitrogen and oxygen atoms in total. The number of carboxylic acids is 1. The average molecular weight is 323 g/mol. The van der Waals surface area contributed by atoms with Crippen molar-refractivity contribution in [3.8, 4) is 0 Å². The highest BCUT2D eigenvalue weighted by atomic mass is 32.2. The first-order chi connectivity index (χ1) is 9.46. The molecule has 1 rings (SSSR count). The Morgan fingerprint density at radius 1 is 1.24 bits per heavy atom. The molecule has 8 heteroatoms. The lowest BCUT2D eigenvalue weighted by Crippen LogP contribution is -2.47. The van der Waals surface area contributed by atoms with E-state index < -0.39 is 39.5 Å². The van der Waals surface area contributed by atoms with Gasteiger partial charge in [0.05, 0.1) is 15.7 Å². The third kappa shape index (κ3) is 4.28. The number of carbonyl (C=O) groups is 1. The van der Waals surface area contributed by atoms with Crippen molar-refractivity contribution in [3.05, 3.63) is 35.6 Å². The van der Waals surface area contributed by atoms with Crippen molar-refractivity contribution in [2.45, 2.75) is 37.5 Å². The van der Waals surface area contributed by atoms with Gasteiger partial charge in [0.15, 0.2) is 0 Å². The van der Waals surface area contributed by atoms with Gasteiger partial charge in [-0.15, -0.1) is 0 Å². The van der Waals surface area contributed by atoms with Gasteiger partial charge >= 0.3 is 11.9 Å². The van der Waals surface area contributed by atoms with Crippen molar-refractivity contribution in [1.82, 2.24) is 4.72 Å². The van der Waals surface area contributed by atoms with Crippen LogP contribution >= 0.6 is 0 Å². The maximum absolute atomic E-state index is 13.9. The van der Waals surface area contributed by atoms with Gasteiger partial charge in [0, 0.05) is 0 Å². The Kier molecular flexibility index (Phi) is 5.16. The highest BCUT2D eigenvalue weighted by Crippen LogP contribution is 2.33. The number of alkyl halides is 2. The van der Waals surface area contributed by atoms with Crippen LogP contribution in [0, 0.1) is 5.82 Å². The van der Waals surface area contributed by atoms with E-state index in [1.807, 2.05) is 0 Å². The Bertz CT molecular complexity index is 541. The summed E-state index contributed by atoms with van der Waals surface area (Å²) in [6.45, 7) is 4.66. The molecular weight excluding hydrogens is 307 g/mol. The Labute approximate surface area is 122 Å². The number of hydrogen-bond acceptors (Lipinski definition) is 2. The van der Waals surface area contributed by atoms with Crippen LogP contribution in [0.5, 0.6) is 0 Å². The first kappa shape index (κ1) is 17.6. The molecule has 0 aliphatic heterocycles. The molecule has 0 unspecified atom stereocenters. The second-order valence-corrected chi connectivity index (χ2v) is 7.41. The molecule has 0 fully saturated rings. The molecule has 0 saturated carbocycles. The summed E-state index contributed by atoms with van der Waals surface area (Å²) in [5, 5.41) is 8.68. The van der Waals surface area contributed by atoms with Gasteiger partial charge in [-0.2, -0.15) is 8.78 Å². The molecule has 2 atom stereocenters. The quantitative estimate of drug-likeness (QED) is 0.875. The maximum atomic E-state index is 13.9. The minimum absolute atomic E-state index is 0.165. The van der Waals surface area contributed by atoms with Crippen LogP contribution in [0.2, 0.25) is 0 Å². The summed E-state index contributed by atoms with van der Waals surface area (Å²) in [6, 6.07) is 1.90. The van der Waals surface area contributed by atoms with Gasteiger partial charge < -0.3 is 5.11 Å². The predicted molar refractivity (Wildman–Crippen MR) is 72.8 cm³/mol. The van der Waals surface area contributed by atoms with Crippen molar-refractivity contribution < 1.29 is 27.3 Å². The molecule has 2 N–H and O–H groups in total. The molecule has 0 bridgehead atoms. The molecule has 0 aliphatic rings. The van der Waals surface area contributed by atoms with E-state index in [0.717, 1.165) is 24.3 Å². The van der Waals surface area contributed by atoms with Crippen molar-refractivity contribution in [3.63, 3.8) is 0 Å². The van der Waals surface area contributed by atoms with E-state index in [-0.39, 0.29) is 5.56 Å². The van der Waals surface area contributed by atoms with Crippen molar-refractivity contribution in [2.75, 3.05) is 0 Å². The van der Waals surface area contributed by atoms with E-state index in [2.05, 4.69) is 4.72 Å². The summed E-state index contributed by atoms with van der Waals surface area (Å²) < 4.78 is 53.8. The van der Waals surface area contributed by atoms with Crippen molar-refractivity contribution in [1.29, 1.82) is 0 Å². The second kappa shape index (κ2) is 6.15. The second-order valence-electron chi connectivity index (χ2n) is 5.41. The van der Waals surface area contributed by atoms with E-state index >= 15 is 0 Å². The highest BCUT2D eigenvalue weighted by molar-refractivity contribution is 7.84. The molecule has 21 heavy (non-hydrogen) atoms. The Morgan fingerprint density at radius 2 is 1.71 bits per heavy atom.